The Labute approximate surface area is 92.8 Å². The molecule has 1 amide bonds. The molecule has 1 fully saturated rings. The summed E-state index contributed by atoms with van der Waals surface area (Å²) in [7, 11) is 0. The van der Waals surface area contributed by atoms with Gasteiger partial charge in [0, 0.05) is 6.54 Å². The molecule has 0 bridgehead atoms. The van der Waals surface area contributed by atoms with Crippen LogP contribution >= 0.6 is 0 Å². The van der Waals surface area contributed by atoms with Gasteiger partial charge in [-0.1, -0.05) is 27.2 Å². The number of nitrogens with two attached hydrogens (primary N) is 1. The number of hydrogen-bond donors (Lipinski definition) is 2. The summed E-state index contributed by atoms with van der Waals surface area (Å²) in [6, 6.07) is -0.339. The van der Waals surface area contributed by atoms with Crippen LogP contribution in [0.4, 0.5) is 0 Å². The van der Waals surface area contributed by atoms with Crippen molar-refractivity contribution in [2.75, 3.05) is 6.54 Å². The van der Waals surface area contributed by atoms with E-state index in [1.807, 2.05) is 0 Å². The summed E-state index contributed by atoms with van der Waals surface area (Å²) in [5.74, 6) is 0.488. The van der Waals surface area contributed by atoms with Crippen molar-refractivity contribution in [3.63, 3.8) is 0 Å². The minimum atomic E-state index is -0.339. The quantitative estimate of drug-likeness (QED) is 0.728. The molecule has 0 radical (unpaired) electrons. The zero-order chi connectivity index (χ0) is 11.5. The average molecular weight is 212 g/mol. The van der Waals surface area contributed by atoms with Crippen molar-refractivity contribution in [2.45, 2.75) is 52.5 Å². The predicted octanol–water partition coefficient (Wildman–Crippen LogP) is 1.67. The third-order valence-electron chi connectivity index (χ3n) is 3.31. The van der Waals surface area contributed by atoms with E-state index in [1.54, 1.807) is 0 Å². The van der Waals surface area contributed by atoms with Crippen LogP contribution < -0.4 is 11.1 Å². The van der Waals surface area contributed by atoms with Gasteiger partial charge < -0.3 is 11.1 Å². The van der Waals surface area contributed by atoms with E-state index in [0.29, 0.717) is 11.3 Å². The number of rotatable bonds is 5. The van der Waals surface area contributed by atoms with Gasteiger partial charge in [-0.15, -0.1) is 0 Å². The number of carbonyl (C=O) groups excluding carboxylic acids is 1. The highest BCUT2D eigenvalue weighted by Crippen LogP contribution is 2.39. The summed E-state index contributed by atoms with van der Waals surface area (Å²) >= 11 is 0. The Morgan fingerprint density at radius 3 is 2.47 bits per heavy atom. The standard InChI is InChI=1S/C12H24N2O/c1-9(2)7-10(13)11(15)14-8-12(3)5-4-6-12/h9-10H,4-8,13H2,1-3H3,(H,14,15). The van der Waals surface area contributed by atoms with E-state index in [2.05, 4.69) is 26.1 Å². The summed E-state index contributed by atoms with van der Waals surface area (Å²) in [5, 5.41) is 2.97. The van der Waals surface area contributed by atoms with Gasteiger partial charge in [0.25, 0.3) is 0 Å². The van der Waals surface area contributed by atoms with Crippen molar-refractivity contribution in [1.82, 2.24) is 5.32 Å². The molecule has 0 aromatic carbocycles. The molecule has 0 spiro atoms. The fraction of sp³-hybridized carbons (Fsp3) is 0.917. The van der Waals surface area contributed by atoms with E-state index in [1.165, 1.54) is 19.3 Å². The molecule has 3 nitrogen and oxygen atoms in total. The van der Waals surface area contributed by atoms with Crippen molar-refractivity contribution in [3.8, 4) is 0 Å². The Balaban J connectivity index is 2.23. The first-order chi connectivity index (χ1) is 6.93. The van der Waals surface area contributed by atoms with Crippen LogP contribution in [0.2, 0.25) is 0 Å². The normalized spacial score (nSPS) is 20.9. The number of hydrogen-bond acceptors (Lipinski definition) is 2. The maximum atomic E-state index is 11.6. The van der Waals surface area contributed by atoms with Crippen LogP contribution in [-0.2, 0) is 4.79 Å². The summed E-state index contributed by atoms with van der Waals surface area (Å²) in [6.45, 7) is 7.18. The van der Waals surface area contributed by atoms with Crippen molar-refractivity contribution in [3.05, 3.63) is 0 Å². The molecule has 15 heavy (non-hydrogen) atoms. The average Bonchev–Trinajstić information content (AvgIpc) is 2.10. The molecule has 3 N–H and O–H groups in total. The second kappa shape index (κ2) is 4.97. The van der Waals surface area contributed by atoms with Gasteiger partial charge in [0.2, 0.25) is 5.91 Å². The van der Waals surface area contributed by atoms with Gasteiger partial charge in [-0.05, 0) is 30.6 Å². The molecule has 0 aliphatic heterocycles. The number of nitrogens with one attached hydrogen (secondary N) is 1. The van der Waals surface area contributed by atoms with E-state index in [4.69, 9.17) is 5.73 Å². The maximum absolute atomic E-state index is 11.6. The molecule has 0 saturated heterocycles. The zero-order valence-corrected chi connectivity index (χ0v) is 10.2. The minimum absolute atomic E-state index is 0.0109. The minimum Gasteiger partial charge on any atom is -0.354 e. The van der Waals surface area contributed by atoms with Gasteiger partial charge >= 0.3 is 0 Å². The zero-order valence-electron chi connectivity index (χ0n) is 10.2. The number of carbonyl (C=O) groups is 1. The van der Waals surface area contributed by atoms with E-state index >= 15 is 0 Å². The van der Waals surface area contributed by atoms with Crippen LogP contribution in [0.3, 0.4) is 0 Å². The first kappa shape index (κ1) is 12.5. The summed E-state index contributed by atoms with van der Waals surface area (Å²) in [4.78, 5) is 11.6. The molecule has 0 aromatic rings. The highest BCUT2D eigenvalue weighted by Gasteiger charge is 2.32. The molecule has 1 unspecified atom stereocenters. The molecule has 0 heterocycles. The van der Waals surface area contributed by atoms with Crippen molar-refractivity contribution in [1.29, 1.82) is 0 Å². The molecule has 88 valence electrons. The molecule has 1 saturated carbocycles. The Bertz CT molecular complexity index is 222. The van der Waals surface area contributed by atoms with Crippen LogP contribution in [0.25, 0.3) is 0 Å². The van der Waals surface area contributed by atoms with Gasteiger partial charge in [0.15, 0.2) is 0 Å². The van der Waals surface area contributed by atoms with E-state index in [9.17, 15) is 4.79 Å². The molecule has 1 rings (SSSR count). The largest absolute Gasteiger partial charge is 0.354 e. The lowest BCUT2D eigenvalue weighted by Gasteiger charge is -2.38. The lowest BCUT2D eigenvalue weighted by molar-refractivity contribution is -0.123. The Hall–Kier alpha value is -0.570. The van der Waals surface area contributed by atoms with Crippen LogP contribution in [0.1, 0.15) is 46.5 Å². The van der Waals surface area contributed by atoms with Crippen LogP contribution in [0, 0.1) is 11.3 Å². The summed E-state index contributed by atoms with van der Waals surface area (Å²) in [5.41, 5.74) is 6.14. The van der Waals surface area contributed by atoms with Gasteiger partial charge in [0.05, 0.1) is 6.04 Å². The monoisotopic (exact) mass is 212 g/mol. The van der Waals surface area contributed by atoms with E-state index in [-0.39, 0.29) is 11.9 Å². The Morgan fingerprint density at radius 1 is 1.47 bits per heavy atom. The first-order valence-electron chi connectivity index (χ1n) is 5.96. The topological polar surface area (TPSA) is 55.1 Å². The lowest BCUT2D eigenvalue weighted by atomic mass is 9.70. The Morgan fingerprint density at radius 2 is 2.07 bits per heavy atom. The van der Waals surface area contributed by atoms with Crippen molar-refractivity contribution < 1.29 is 4.79 Å². The molecule has 1 atom stereocenters. The van der Waals surface area contributed by atoms with Crippen LogP contribution in [0.15, 0.2) is 0 Å². The van der Waals surface area contributed by atoms with Gasteiger partial charge in [-0.25, -0.2) is 0 Å². The maximum Gasteiger partial charge on any atom is 0.236 e. The van der Waals surface area contributed by atoms with Crippen LogP contribution in [0.5, 0.6) is 0 Å². The van der Waals surface area contributed by atoms with Crippen molar-refractivity contribution in [2.24, 2.45) is 17.1 Å². The molecule has 1 aliphatic rings. The highest BCUT2D eigenvalue weighted by molar-refractivity contribution is 5.81. The number of amides is 1. The van der Waals surface area contributed by atoms with Gasteiger partial charge in [-0.3, -0.25) is 4.79 Å². The van der Waals surface area contributed by atoms with Crippen molar-refractivity contribution >= 4 is 5.91 Å². The van der Waals surface area contributed by atoms with Crippen LogP contribution in [-0.4, -0.2) is 18.5 Å². The Kier molecular flexibility index (Phi) is 4.14. The lowest BCUT2D eigenvalue weighted by Crippen LogP contribution is -2.46. The SMILES string of the molecule is CC(C)CC(N)C(=O)NCC1(C)CCC1. The van der Waals surface area contributed by atoms with E-state index < -0.39 is 0 Å². The smallest absolute Gasteiger partial charge is 0.236 e. The molecular weight excluding hydrogens is 188 g/mol. The second-order valence-corrected chi connectivity index (χ2v) is 5.62. The fourth-order valence-electron chi connectivity index (χ4n) is 2.00. The first-order valence-corrected chi connectivity index (χ1v) is 5.96. The van der Waals surface area contributed by atoms with E-state index in [0.717, 1.165) is 13.0 Å². The third-order valence-corrected chi connectivity index (χ3v) is 3.31. The van der Waals surface area contributed by atoms with Gasteiger partial charge in [-0.2, -0.15) is 0 Å². The predicted molar refractivity (Wildman–Crippen MR) is 62.4 cm³/mol. The molecule has 1 aliphatic carbocycles. The molecule has 0 aromatic heterocycles. The second-order valence-electron chi connectivity index (χ2n) is 5.62. The highest BCUT2D eigenvalue weighted by atomic mass is 16.2. The summed E-state index contributed by atoms with van der Waals surface area (Å²) in [6.07, 6.45) is 4.52. The summed E-state index contributed by atoms with van der Waals surface area (Å²) < 4.78 is 0. The molecule has 3 heteroatoms. The third kappa shape index (κ3) is 3.82. The fourth-order valence-corrected chi connectivity index (χ4v) is 2.00. The van der Waals surface area contributed by atoms with Gasteiger partial charge in [0.1, 0.15) is 0 Å². The molecular formula is C12H24N2O.